The molecular weight excluding hydrogens is 350 g/mol. The van der Waals surface area contributed by atoms with Crippen LogP contribution in [0.4, 0.5) is 11.4 Å². The summed E-state index contributed by atoms with van der Waals surface area (Å²) in [6, 6.07) is 19.8. The van der Waals surface area contributed by atoms with Crippen LogP contribution in [0.5, 0.6) is 5.75 Å². The van der Waals surface area contributed by atoms with Crippen molar-refractivity contribution in [2.45, 2.75) is 13.3 Å². The number of pyridine rings is 1. The maximum absolute atomic E-state index is 12.6. The number of carbonyl (C=O) groups excluding carboxylic acids is 1. The number of anilines is 2. The highest BCUT2D eigenvalue weighted by molar-refractivity contribution is 5.95. The molecule has 0 spiro atoms. The molecule has 0 unspecified atom stereocenters. The van der Waals surface area contributed by atoms with Crippen molar-refractivity contribution < 1.29 is 9.53 Å². The Morgan fingerprint density at radius 2 is 1.79 bits per heavy atom. The normalized spacial score (nSPS) is 10.4. The van der Waals surface area contributed by atoms with Crippen molar-refractivity contribution in [1.82, 2.24) is 10.3 Å². The number of nitrogens with zero attached hydrogens (tertiary/aromatic N) is 2. The summed E-state index contributed by atoms with van der Waals surface area (Å²) in [5, 5.41) is 2.97. The van der Waals surface area contributed by atoms with Gasteiger partial charge in [-0.1, -0.05) is 36.4 Å². The Hall–Kier alpha value is -3.34. The van der Waals surface area contributed by atoms with Gasteiger partial charge in [-0.15, -0.1) is 0 Å². The van der Waals surface area contributed by atoms with E-state index in [9.17, 15) is 4.79 Å². The molecule has 144 valence electrons. The Balaban J connectivity index is 1.67. The van der Waals surface area contributed by atoms with Gasteiger partial charge in [0.25, 0.3) is 5.91 Å². The fourth-order valence-electron chi connectivity index (χ4n) is 3.14. The highest BCUT2D eigenvalue weighted by Crippen LogP contribution is 2.24. The van der Waals surface area contributed by atoms with Crippen LogP contribution >= 0.6 is 0 Å². The van der Waals surface area contributed by atoms with Gasteiger partial charge in [0, 0.05) is 25.0 Å². The molecule has 0 aliphatic heterocycles. The van der Waals surface area contributed by atoms with Crippen molar-refractivity contribution in [2.75, 3.05) is 25.1 Å². The number of hydrogen-bond donors (Lipinski definition) is 1. The molecule has 0 atom stereocenters. The average molecular weight is 375 g/mol. The third-order valence-electron chi connectivity index (χ3n) is 4.55. The number of rotatable bonds is 8. The predicted molar refractivity (Wildman–Crippen MR) is 112 cm³/mol. The number of carbonyl (C=O) groups is 1. The lowest BCUT2D eigenvalue weighted by Gasteiger charge is -2.23. The quantitative estimate of drug-likeness (QED) is 0.640. The van der Waals surface area contributed by atoms with Gasteiger partial charge in [-0.25, -0.2) is 0 Å². The van der Waals surface area contributed by atoms with Crippen molar-refractivity contribution in [3.8, 4) is 5.75 Å². The molecule has 28 heavy (non-hydrogen) atoms. The number of nitrogens with one attached hydrogen (secondary N) is 1. The molecule has 1 heterocycles. The van der Waals surface area contributed by atoms with Gasteiger partial charge in [0.05, 0.1) is 24.6 Å². The summed E-state index contributed by atoms with van der Waals surface area (Å²) in [5.74, 6) is 0.704. The first-order chi connectivity index (χ1) is 13.7. The van der Waals surface area contributed by atoms with Crippen molar-refractivity contribution in [3.63, 3.8) is 0 Å². The van der Waals surface area contributed by atoms with E-state index >= 15 is 0 Å². The molecule has 1 aromatic heterocycles. The summed E-state index contributed by atoms with van der Waals surface area (Å²) in [5.41, 5.74) is 3.58. The Morgan fingerprint density at radius 1 is 1.04 bits per heavy atom. The molecule has 5 nitrogen and oxygen atoms in total. The number of methoxy groups -OCH3 is 1. The summed E-state index contributed by atoms with van der Waals surface area (Å²) in [6.07, 6.45) is 4.08. The van der Waals surface area contributed by atoms with Crippen molar-refractivity contribution in [2.24, 2.45) is 0 Å². The van der Waals surface area contributed by atoms with E-state index < -0.39 is 0 Å². The van der Waals surface area contributed by atoms with E-state index in [1.807, 2.05) is 60.7 Å². The maximum atomic E-state index is 12.6. The third-order valence-corrected chi connectivity index (χ3v) is 4.55. The van der Waals surface area contributed by atoms with Gasteiger partial charge >= 0.3 is 0 Å². The summed E-state index contributed by atoms with van der Waals surface area (Å²) in [4.78, 5) is 19.0. The molecule has 3 aromatic rings. The van der Waals surface area contributed by atoms with E-state index in [1.165, 1.54) is 0 Å². The lowest BCUT2D eigenvalue weighted by Crippen LogP contribution is -2.26. The van der Waals surface area contributed by atoms with E-state index in [0.717, 1.165) is 29.2 Å². The van der Waals surface area contributed by atoms with E-state index in [1.54, 1.807) is 19.5 Å². The number of ether oxygens (including phenoxy) is 1. The van der Waals surface area contributed by atoms with Crippen molar-refractivity contribution in [1.29, 1.82) is 0 Å². The van der Waals surface area contributed by atoms with Crippen molar-refractivity contribution >= 4 is 17.3 Å². The zero-order valence-electron chi connectivity index (χ0n) is 16.3. The lowest BCUT2D eigenvalue weighted by atomic mass is 10.1. The molecule has 5 heteroatoms. The second-order valence-corrected chi connectivity index (χ2v) is 6.33. The van der Waals surface area contributed by atoms with Gasteiger partial charge in [0.15, 0.2) is 0 Å². The van der Waals surface area contributed by atoms with Crippen LogP contribution in [0.2, 0.25) is 0 Å². The predicted octanol–water partition coefficient (Wildman–Crippen LogP) is 4.22. The molecule has 3 rings (SSSR count). The van der Waals surface area contributed by atoms with Crippen LogP contribution in [-0.2, 0) is 6.42 Å². The van der Waals surface area contributed by atoms with E-state index in [0.29, 0.717) is 18.5 Å². The number of hydrogen-bond acceptors (Lipinski definition) is 4. The van der Waals surface area contributed by atoms with Crippen LogP contribution < -0.4 is 15.0 Å². The third kappa shape index (κ3) is 4.68. The fraction of sp³-hybridized carbons (Fsp3) is 0.217. The number of para-hydroxylation sites is 2. The van der Waals surface area contributed by atoms with Crippen LogP contribution in [0.3, 0.4) is 0 Å². The van der Waals surface area contributed by atoms with Crippen LogP contribution in [0.25, 0.3) is 0 Å². The molecule has 1 amide bonds. The zero-order chi connectivity index (χ0) is 19.8. The molecule has 0 saturated carbocycles. The fourth-order valence-corrected chi connectivity index (χ4v) is 3.14. The number of benzene rings is 2. The largest absolute Gasteiger partial charge is 0.496 e. The van der Waals surface area contributed by atoms with Gasteiger partial charge in [-0.05, 0) is 43.2 Å². The molecule has 0 bridgehead atoms. The van der Waals surface area contributed by atoms with E-state index in [4.69, 9.17) is 4.74 Å². The zero-order valence-corrected chi connectivity index (χ0v) is 16.3. The van der Waals surface area contributed by atoms with Gasteiger partial charge in [-0.3, -0.25) is 9.78 Å². The highest BCUT2D eigenvalue weighted by Gasteiger charge is 2.12. The Kier molecular flexibility index (Phi) is 6.63. The SMILES string of the molecule is CCN(c1ccccc1)c1cncc(C(=O)NCCc2ccccc2OC)c1. The Morgan fingerprint density at radius 3 is 2.54 bits per heavy atom. The first kappa shape index (κ1) is 19.4. The minimum atomic E-state index is -0.131. The van der Waals surface area contributed by atoms with E-state index in [2.05, 4.69) is 22.1 Å². The molecule has 0 saturated heterocycles. The van der Waals surface area contributed by atoms with Crippen LogP contribution in [-0.4, -0.2) is 31.1 Å². The average Bonchev–Trinajstić information content (AvgIpc) is 2.75. The lowest BCUT2D eigenvalue weighted by molar-refractivity contribution is 0.0953. The standard InChI is InChI=1S/C23H25N3O2/c1-3-26(20-10-5-4-6-11-20)21-15-19(16-24-17-21)23(27)25-14-13-18-9-7-8-12-22(18)28-2/h4-12,15-17H,3,13-14H2,1-2H3,(H,25,27). The number of aromatic nitrogens is 1. The van der Waals surface area contributed by atoms with Crippen LogP contribution in [0, 0.1) is 0 Å². The van der Waals surface area contributed by atoms with Gasteiger partial charge < -0.3 is 15.0 Å². The topological polar surface area (TPSA) is 54.5 Å². The Labute approximate surface area is 166 Å². The molecule has 0 radical (unpaired) electrons. The smallest absolute Gasteiger partial charge is 0.252 e. The Bertz CT molecular complexity index is 912. The first-order valence-corrected chi connectivity index (χ1v) is 9.40. The van der Waals surface area contributed by atoms with Gasteiger partial charge in [0.1, 0.15) is 5.75 Å². The minimum absolute atomic E-state index is 0.131. The summed E-state index contributed by atoms with van der Waals surface area (Å²) < 4.78 is 5.36. The highest BCUT2D eigenvalue weighted by atomic mass is 16.5. The monoisotopic (exact) mass is 375 g/mol. The summed E-state index contributed by atoms with van der Waals surface area (Å²) in [6.45, 7) is 3.39. The molecule has 1 N–H and O–H groups in total. The minimum Gasteiger partial charge on any atom is -0.496 e. The molecule has 2 aromatic carbocycles. The van der Waals surface area contributed by atoms with E-state index in [-0.39, 0.29) is 5.91 Å². The van der Waals surface area contributed by atoms with Gasteiger partial charge in [-0.2, -0.15) is 0 Å². The summed E-state index contributed by atoms with van der Waals surface area (Å²) >= 11 is 0. The summed E-state index contributed by atoms with van der Waals surface area (Å²) in [7, 11) is 1.65. The first-order valence-electron chi connectivity index (χ1n) is 9.40. The van der Waals surface area contributed by atoms with Crippen molar-refractivity contribution in [3.05, 3.63) is 84.2 Å². The number of amides is 1. The van der Waals surface area contributed by atoms with Gasteiger partial charge in [0.2, 0.25) is 0 Å². The maximum Gasteiger partial charge on any atom is 0.252 e. The van der Waals surface area contributed by atoms with Crippen LogP contribution in [0.15, 0.2) is 73.1 Å². The second-order valence-electron chi connectivity index (χ2n) is 6.33. The van der Waals surface area contributed by atoms with Crippen LogP contribution in [0.1, 0.15) is 22.8 Å². The second kappa shape index (κ2) is 9.55. The molecule has 0 aliphatic carbocycles. The molecule has 0 fully saturated rings. The molecular formula is C23H25N3O2. The molecule has 0 aliphatic rings.